The second-order valence-electron chi connectivity index (χ2n) is 4.66. The third kappa shape index (κ3) is 3.16. The van der Waals surface area contributed by atoms with Gasteiger partial charge in [-0.15, -0.1) is 0 Å². The molecule has 1 aromatic carbocycles. The van der Waals surface area contributed by atoms with Gasteiger partial charge >= 0.3 is 0 Å². The van der Waals surface area contributed by atoms with Crippen LogP contribution in [0.1, 0.15) is 18.9 Å². The summed E-state index contributed by atoms with van der Waals surface area (Å²) in [5, 5.41) is 3.97. The zero-order valence-corrected chi connectivity index (χ0v) is 11.8. The highest BCUT2D eigenvalue weighted by molar-refractivity contribution is 6.33. The Labute approximate surface area is 114 Å². The Morgan fingerprint density at radius 1 is 1.50 bits per heavy atom. The minimum Gasteiger partial charge on any atom is -0.375 e. The number of benzene rings is 1. The molecule has 0 spiro atoms. The number of halogens is 1. The monoisotopic (exact) mass is 268 g/mol. The summed E-state index contributed by atoms with van der Waals surface area (Å²) in [6.07, 6.45) is 1.37. The third-order valence-corrected chi connectivity index (χ3v) is 3.63. The Morgan fingerprint density at radius 2 is 2.33 bits per heavy atom. The van der Waals surface area contributed by atoms with Gasteiger partial charge in [-0.05, 0) is 31.2 Å². The van der Waals surface area contributed by atoms with Crippen LogP contribution in [0.25, 0.3) is 0 Å². The van der Waals surface area contributed by atoms with Gasteiger partial charge in [0, 0.05) is 19.6 Å². The van der Waals surface area contributed by atoms with Crippen LogP contribution < -0.4 is 10.2 Å². The highest BCUT2D eigenvalue weighted by Gasteiger charge is 2.20. The first-order valence-corrected chi connectivity index (χ1v) is 6.92. The van der Waals surface area contributed by atoms with E-state index in [0.29, 0.717) is 6.10 Å². The van der Waals surface area contributed by atoms with Gasteiger partial charge in [0.15, 0.2) is 0 Å². The number of nitrogens with zero attached hydrogens (tertiary/aromatic N) is 1. The fraction of sp³-hybridized carbons (Fsp3) is 0.571. The van der Waals surface area contributed by atoms with Crippen LogP contribution in [0.3, 0.4) is 0 Å². The van der Waals surface area contributed by atoms with Crippen molar-refractivity contribution in [1.82, 2.24) is 5.32 Å². The summed E-state index contributed by atoms with van der Waals surface area (Å²) in [6, 6.07) is 6.30. The largest absolute Gasteiger partial charge is 0.375 e. The maximum absolute atomic E-state index is 6.38. The predicted molar refractivity (Wildman–Crippen MR) is 76.5 cm³/mol. The highest BCUT2D eigenvalue weighted by Crippen LogP contribution is 2.28. The van der Waals surface area contributed by atoms with Crippen molar-refractivity contribution in [2.24, 2.45) is 0 Å². The lowest BCUT2D eigenvalue weighted by Gasteiger charge is -2.34. The minimum atomic E-state index is 0.326. The second kappa shape index (κ2) is 6.41. The SMILES string of the molecule is CCC1CN(c2ccc(CNC)cc2Cl)CCO1. The van der Waals surface area contributed by atoms with Gasteiger partial charge in [-0.3, -0.25) is 0 Å². The van der Waals surface area contributed by atoms with Crippen LogP contribution in [0.5, 0.6) is 0 Å². The molecule has 0 amide bonds. The van der Waals surface area contributed by atoms with E-state index in [9.17, 15) is 0 Å². The smallest absolute Gasteiger partial charge is 0.0748 e. The summed E-state index contributed by atoms with van der Waals surface area (Å²) < 4.78 is 5.69. The van der Waals surface area contributed by atoms with Crippen molar-refractivity contribution in [1.29, 1.82) is 0 Å². The van der Waals surface area contributed by atoms with E-state index in [1.807, 2.05) is 13.1 Å². The third-order valence-electron chi connectivity index (χ3n) is 3.33. The van der Waals surface area contributed by atoms with Crippen molar-refractivity contribution >= 4 is 17.3 Å². The number of morpholine rings is 1. The van der Waals surface area contributed by atoms with Crippen molar-refractivity contribution in [3.8, 4) is 0 Å². The lowest BCUT2D eigenvalue weighted by atomic mass is 10.1. The van der Waals surface area contributed by atoms with Crippen molar-refractivity contribution in [3.05, 3.63) is 28.8 Å². The summed E-state index contributed by atoms with van der Waals surface area (Å²) in [5.74, 6) is 0. The molecule has 1 aliphatic rings. The first-order chi connectivity index (χ1) is 8.74. The minimum absolute atomic E-state index is 0.326. The second-order valence-corrected chi connectivity index (χ2v) is 5.07. The van der Waals surface area contributed by atoms with E-state index in [1.165, 1.54) is 5.56 Å². The number of nitrogens with one attached hydrogen (secondary N) is 1. The van der Waals surface area contributed by atoms with Crippen molar-refractivity contribution in [2.75, 3.05) is 31.6 Å². The fourth-order valence-corrected chi connectivity index (χ4v) is 2.63. The molecule has 1 fully saturated rings. The van der Waals surface area contributed by atoms with Crippen LogP contribution in [-0.2, 0) is 11.3 Å². The van der Waals surface area contributed by atoms with E-state index in [0.717, 1.165) is 43.4 Å². The van der Waals surface area contributed by atoms with E-state index in [4.69, 9.17) is 16.3 Å². The molecule has 1 heterocycles. The van der Waals surface area contributed by atoms with Crippen LogP contribution in [0.2, 0.25) is 5.02 Å². The van der Waals surface area contributed by atoms with Crippen molar-refractivity contribution in [3.63, 3.8) is 0 Å². The van der Waals surface area contributed by atoms with Crippen LogP contribution in [-0.4, -0.2) is 32.8 Å². The van der Waals surface area contributed by atoms with Crippen molar-refractivity contribution in [2.45, 2.75) is 26.0 Å². The van der Waals surface area contributed by atoms with Gasteiger partial charge in [-0.2, -0.15) is 0 Å². The Morgan fingerprint density at radius 3 is 3.00 bits per heavy atom. The standard InChI is InChI=1S/C14H21ClN2O/c1-3-12-10-17(6-7-18-12)14-5-4-11(9-16-2)8-13(14)15/h4-5,8,12,16H,3,6-7,9-10H2,1-2H3. The molecule has 0 radical (unpaired) electrons. The van der Waals surface area contributed by atoms with Gasteiger partial charge in [-0.1, -0.05) is 24.6 Å². The average molecular weight is 269 g/mol. The van der Waals surface area contributed by atoms with Gasteiger partial charge in [0.25, 0.3) is 0 Å². The summed E-state index contributed by atoms with van der Waals surface area (Å²) in [7, 11) is 1.94. The predicted octanol–water partition coefficient (Wildman–Crippen LogP) is 2.67. The Balaban J connectivity index is 2.12. The Hall–Kier alpha value is -0.770. The molecule has 1 atom stereocenters. The maximum atomic E-state index is 6.38. The summed E-state index contributed by atoms with van der Waals surface area (Å²) in [5.41, 5.74) is 2.34. The van der Waals surface area contributed by atoms with E-state index in [-0.39, 0.29) is 0 Å². The van der Waals surface area contributed by atoms with Crippen LogP contribution in [0, 0.1) is 0 Å². The van der Waals surface area contributed by atoms with Crippen molar-refractivity contribution < 1.29 is 4.74 Å². The number of hydrogen-bond acceptors (Lipinski definition) is 3. The van der Waals surface area contributed by atoms with Crippen LogP contribution >= 0.6 is 11.6 Å². The van der Waals surface area contributed by atoms with E-state index in [1.54, 1.807) is 0 Å². The average Bonchev–Trinajstić information content (AvgIpc) is 2.39. The molecule has 0 saturated carbocycles. The van der Waals surface area contributed by atoms with Gasteiger partial charge < -0.3 is 15.0 Å². The zero-order chi connectivity index (χ0) is 13.0. The van der Waals surface area contributed by atoms with Gasteiger partial charge in [0.1, 0.15) is 0 Å². The number of hydrogen-bond donors (Lipinski definition) is 1. The molecule has 1 saturated heterocycles. The number of rotatable bonds is 4. The van der Waals surface area contributed by atoms with Gasteiger partial charge in [0.2, 0.25) is 0 Å². The number of ether oxygens (including phenoxy) is 1. The summed E-state index contributed by atoms with van der Waals surface area (Å²) in [6.45, 7) is 5.64. The van der Waals surface area contributed by atoms with Gasteiger partial charge in [-0.25, -0.2) is 0 Å². The molecule has 1 aliphatic heterocycles. The van der Waals surface area contributed by atoms with Crippen LogP contribution in [0.15, 0.2) is 18.2 Å². The summed E-state index contributed by atoms with van der Waals surface area (Å²) in [4.78, 5) is 2.32. The van der Waals surface area contributed by atoms with Gasteiger partial charge in [0.05, 0.1) is 23.4 Å². The molecule has 4 heteroatoms. The first-order valence-electron chi connectivity index (χ1n) is 6.54. The molecule has 1 N–H and O–H groups in total. The van der Waals surface area contributed by atoms with E-state index >= 15 is 0 Å². The highest BCUT2D eigenvalue weighted by atomic mass is 35.5. The molecular formula is C14H21ClN2O. The molecule has 0 aliphatic carbocycles. The topological polar surface area (TPSA) is 24.5 Å². The lowest BCUT2D eigenvalue weighted by Crippen LogP contribution is -2.42. The first kappa shape index (κ1) is 13.7. The molecular weight excluding hydrogens is 248 g/mol. The Kier molecular flexibility index (Phi) is 4.87. The lowest BCUT2D eigenvalue weighted by molar-refractivity contribution is 0.0384. The Bertz CT molecular complexity index is 397. The quantitative estimate of drug-likeness (QED) is 0.909. The molecule has 100 valence electrons. The molecule has 2 rings (SSSR count). The zero-order valence-electron chi connectivity index (χ0n) is 11.1. The normalized spacial score (nSPS) is 20.2. The van der Waals surface area contributed by atoms with E-state index in [2.05, 4.69) is 29.3 Å². The molecule has 1 aromatic rings. The van der Waals surface area contributed by atoms with Crippen LogP contribution in [0.4, 0.5) is 5.69 Å². The number of anilines is 1. The maximum Gasteiger partial charge on any atom is 0.0748 e. The molecule has 18 heavy (non-hydrogen) atoms. The van der Waals surface area contributed by atoms with E-state index < -0.39 is 0 Å². The molecule has 0 bridgehead atoms. The molecule has 0 aromatic heterocycles. The molecule has 3 nitrogen and oxygen atoms in total. The summed E-state index contributed by atoms with van der Waals surface area (Å²) >= 11 is 6.38. The molecule has 1 unspecified atom stereocenters. The fourth-order valence-electron chi connectivity index (χ4n) is 2.31.